The lowest BCUT2D eigenvalue weighted by molar-refractivity contribution is -0.136. The van der Waals surface area contributed by atoms with Crippen molar-refractivity contribution in [2.24, 2.45) is 0 Å². The van der Waals surface area contributed by atoms with Gasteiger partial charge < -0.3 is 5.11 Å². The van der Waals surface area contributed by atoms with Gasteiger partial charge in [0.1, 0.15) is 5.78 Å². The molecule has 0 aliphatic rings. The Labute approximate surface area is 113 Å². The molecule has 0 amide bonds. The van der Waals surface area contributed by atoms with Gasteiger partial charge in [0, 0.05) is 4.90 Å². The molecule has 0 aliphatic carbocycles. The zero-order valence-corrected chi connectivity index (χ0v) is 12.0. The van der Waals surface area contributed by atoms with Crippen LogP contribution in [-0.4, -0.2) is 23.1 Å². The minimum absolute atomic E-state index is 0.0325. The van der Waals surface area contributed by atoms with E-state index in [-0.39, 0.29) is 12.2 Å². The maximum Gasteiger partial charge on any atom is 0.307 e. The lowest BCUT2D eigenvalue weighted by Crippen LogP contribution is -2.09. The summed E-state index contributed by atoms with van der Waals surface area (Å²) < 4.78 is 0. The van der Waals surface area contributed by atoms with Crippen LogP contribution in [0, 0.1) is 0 Å². The normalized spacial score (nSPS) is 12.2. The van der Waals surface area contributed by atoms with Gasteiger partial charge in [-0.05, 0) is 30.4 Å². The average Bonchev–Trinajstić information content (AvgIpc) is 2.27. The highest BCUT2D eigenvalue weighted by molar-refractivity contribution is 9.09. The van der Waals surface area contributed by atoms with Gasteiger partial charge >= 0.3 is 5.97 Å². The number of carboxylic acids is 1. The van der Waals surface area contributed by atoms with Crippen molar-refractivity contribution in [1.29, 1.82) is 0 Å². The van der Waals surface area contributed by atoms with Crippen molar-refractivity contribution in [1.82, 2.24) is 0 Å². The molecule has 1 N–H and O–H groups in total. The molecule has 0 aliphatic heterocycles. The first-order valence-corrected chi connectivity index (χ1v) is 7.13. The number of carboxylic acid groups (broad SMARTS) is 1. The molecular formula is C12H13BrO3S. The van der Waals surface area contributed by atoms with Crippen LogP contribution in [0.3, 0.4) is 0 Å². The summed E-state index contributed by atoms with van der Waals surface area (Å²) >= 11 is 4.79. The van der Waals surface area contributed by atoms with Gasteiger partial charge in [-0.1, -0.05) is 28.1 Å². The smallest absolute Gasteiger partial charge is 0.307 e. The van der Waals surface area contributed by atoms with Gasteiger partial charge in [-0.15, -0.1) is 11.8 Å². The lowest BCUT2D eigenvalue weighted by Gasteiger charge is -2.14. The fourth-order valence-corrected chi connectivity index (χ4v) is 2.65. The van der Waals surface area contributed by atoms with Crippen LogP contribution in [0.5, 0.6) is 0 Å². The number of carbonyl (C=O) groups excluding carboxylic acids is 1. The molecule has 0 heterocycles. The third-order valence-corrected chi connectivity index (χ3v) is 4.31. The van der Waals surface area contributed by atoms with Gasteiger partial charge in [-0.2, -0.15) is 0 Å². The van der Waals surface area contributed by atoms with Gasteiger partial charge in [0.05, 0.1) is 11.2 Å². The van der Waals surface area contributed by atoms with Gasteiger partial charge in [-0.25, -0.2) is 0 Å². The minimum atomic E-state index is -0.893. The number of alkyl halides is 1. The number of hydrogen-bond acceptors (Lipinski definition) is 3. The summed E-state index contributed by atoms with van der Waals surface area (Å²) in [5.74, 6) is -0.925. The zero-order valence-electron chi connectivity index (χ0n) is 9.57. The van der Waals surface area contributed by atoms with E-state index in [4.69, 9.17) is 5.11 Å². The molecule has 1 rings (SSSR count). The molecule has 0 radical (unpaired) electrons. The molecule has 92 valence electrons. The summed E-state index contributed by atoms with van der Waals surface area (Å²) in [4.78, 5) is 22.7. The van der Waals surface area contributed by atoms with E-state index in [0.29, 0.717) is 5.56 Å². The maximum absolute atomic E-state index is 11.4. The minimum Gasteiger partial charge on any atom is -0.481 e. The average molecular weight is 317 g/mol. The highest BCUT2D eigenvalue weighted by Gasteiger charge is 2.20. The van der Waals surface area contributed by atoms with Crippen LogP contribution < -0.4 is 0 Å². The van der Waals surface area contributed by atoms with Crippen molar-refractivity contribution in [2.45, 2.75) is 23.1 Å². The second kappa shape index (κ2) is 6.21. The van der Waals surface area contributed by atoms with E-state index < -0.39 is 10.8 Å². The summed E-state index contributed by atoms with van der Waals surface area (Å²) in [6.45, 7) is 1.48. The summed E-state index contributed by atoms with van der Waals surface area (Å²) in [5, 5.41) is 8.92. The first kappa shape index (κ1) is 14.3. The van der Waals surface area contributed by atoms with E-state index in [0.717, 1.165) is 10.5 Å². The van der Waals surface area contributed by atoms with E-state index in [9.17, 15) is 9.59 Å². The molecule has 1 aromatic carbocycles. The monoisotopic (exact) mass is 316 g/mol. The Kier molecular flexibility index (Phi) is 5.21. The largest absolute Gasteiger partial charge is 0.481 e. The van der Waals surface area contributed by atoms with Crippen LogP contribution in [0.2, 0.25) is 0 Å². The molecule has 1 unspecified atom stereocenters. The molecule has 1 atom stereocenters. The first-order chi connectivity index (χ1) is 7.97. The Bertz CT molecular complexity index is 445. The lowest BCUT2D eigenvalue weighted by atomic mass is 10.00. The van der Waals surface area contributed by atoms with Crippen LogP contribution in [0.4, 0.5) is 0 Å². The standard InChI is InChI=1S/C12H13BrO3S/c1-7(14)12(13)8-4-3-5-10(17-2)9(8)6-11(15)16/h3-5,12H,6H2,1-2H3,(H,15,16). The molecule has 5 heteroatoms. The van der Waals surface area contributed by atoms with E-state index >= 15 is 0 Å². The molecule has 0 aromatic heterocycles. The summed E-state index contributed by atoms with van der Waals surface area (Å²) in [6.07, 6.45) is 1.82. The Hall–Kier alpha value is -0.810. The van der Waals surface area contributed by atoms with Crippen molar-refractivity contribution in [3.63, 3.8) is 0 Å². The van der Waals surface area contributed by atoms with Gasteiger partial charge in [-0.3, -0.25) is 9.59 Å². The second-order valence-corrected chi connectivity index (χ2v) is 5.34. The van der Waals surface area contributed by atoms with Crippen LogP contribution in [0.15, 0.2) is 23.1 Å². The molecule has 3 nitrogen and oxygen atoms in total. The van der Waals surface area contributed by atoms with Crippen LogP contribution in [0.1, 0.15) is 22.9 Å². The molecule has 0 bridgehead atoms. The number of rotatable bonds is 5. The molecule has 0 saturated carbocycles. The Morgan fingerprint density at radius 1 is 1.47 bits per heavy atom. The molecule has 17 heavy (non-hydrogen) atoms. The molecule has 0 spiro atoms. The number of ketones is 1. The quantitative estimate of drug-likeness (QED) is 0.670. The molecule has 0 saturated heterocycles. The van der Waals surface area contributed by atoms with Crippen molar-refractivity contribution in [3.8, 4) is 0 Å². The van der Waals surface area contributed by atoms with Gasteiger partial charge in [0.25, 0.3) is 0 Å². The number of carbonyl (C=O) groups is 2. The van der Waals surface area contributed by atoms with E-state index in [1.807, 2.05) is 18.4 Å². The predicted molar refractivity (Wildman–Crippen MR) is 71.9 cm³/mol. The molecule has 0 fully saturated rings. The fourth-order valence-electron chi connectivity index (χ4n) is 1.57. The predicted octanol–water partition coefficient (Wildman–Crippen LogP) is 3.06. The summed E-state index contributed by atoms with van der Waals surface area (Å²) in [5.41, 5.74) is 1.45. The molecular weight excluding hydrogens is 304 g/mol. The fraction of sp³-hybridized carbons (Fsp3) is 0.333. The topological polar surface area (TPSA) is 54.4 Å². The van der Waals surface area contributed by atoms with Crippen LogP contribution in [0.25, 0.3) is 0 Å². The Morgan fingerprint density at radius 2 is 2.12 bits per heavy atom. The summed E-state index contributed by atoms with van der Waals surface area (Å²) in [7, 11) is 0. The Balaban J connectivity index is 3.28. The number of benzene rings is 1. The van der Waals surface area contributed by atoms with Crippen molar-refractivity contribution >= 4 is 39.4 Å². The van der Waals surface area contributed by atoms with Gasteiger partial charge in [0.2, 0.25) is 0 Å². The summed E-state index contributed by atoms with van der Waals surface area (Å²) in [6, 6.07) is 5.49. The van der Waals surface area contributed by atoms with Crippen LogP contribution in [-0.2, 0) is 16.0 Å². The van der Waals surface area contributed by atoms with Crippen molar-refractivity contribution in [3.05, 3.63) is 29.3 Å². The third kappa shape index (κ3) is 3.57. The maximum atomic E-state index is 11.4. The number of Topliss-reactive ketones (excluding diaryl/α,β-unsaturated/α-hetero) is 1. The third-order valence-electron chi connectivity index (χ3n) is 2.35. The number of aliphatic carboxylic acids is 1. The van der Waals surface area contributed by atoms with E-state index in [1.165, 1.54) is 18.7 Å². The van der Waals surface area contributed by atoms with Gasteiger partial charge in [0.15, 0.2) is 0 Å². The molecule has 1 aromatic rings. The highest BCUT2D eigenvalue weighted by Crippen LogP contribution is 2.32. The van der Waals surface area contributed by atoms with Crippen molar-refractivity contribution < 1.29 is 14.7 Å². The Morgan fingerprint density at radius 3 is 2.59 bits per heavy atom. The number of thioether (sulfide) groups is 1. The number of halogens is 1. The van der Waals surface area contributed by atoms with E-state index in [2.05, 4.69) is 15.9 Å². The zero-order chi connectivity index (χ0) is 13.0. The SMILES string of the molecule is CSc1cccc(C(Br)C(C)=O)c1CC(=O)O. The highest BCUT2D eigenvalue weighted by atomic mass is 79.9. The van der Waals surface area contributed by atoms with Crippen LogP contribution >= 0.6 is 27.7 Å². The first-order valence-electron chi connectivity index (χ1n) is 4.99. The van der Waals surface area contributed by atoms with Crippen molar-refractivity contribution in [2.75, 3.05) is 6.26 Å². The second-order valence-electron chi connectivity index (χ2n) is 3.57. The van der Waals surface area contributed by atoms with E-state index in [1.54, 1.807) is 6.07 Å². The number of hydrogen-bond donors (Lipinski definition) is 1.